The lowest BCUT2D eigenvalue weighted by Gasteiger charge is -2.23. The number of aliphatic carboxylic acids is 1. The van der Waals surface area contributed by atoms with E-state index in [0.717, 1.165) is 23.9 Å². The normalized spacial score (nSPS) is 13.2. The first-order valence-electron chi connectivity index (χ1n) is 7.05. The van der Waals surface area contributed by atoms with E-state index in [0.29, 0.717) is 12.3 Å². The highest BCUT2D eigenvalue weighted by Gasteiger charge is 2.28. The third-order valence-corrected chi connectivity index (χ3v) is 3.50. The molecule has 0 saturated heterocycles. The molecule has 1 N–H and O–H groups in total. The van der Waals surface area contributed by atoms with Crippen LogP contribution < -0.4 is 0 Å². The zero-order valence-corrected chi connectivity index (χ0v) is 12.7. The number of benzene rings is 1. The van der Waals surface area contributed by atoms with Crippen LogP contribution in [0.25, 0.3) is 11.0 Å². The molecule has 1 heterocycles. The number of fused-ring (bicyclic) bond motifs is 1. The molecule has 2 aromatic rings. The number of hydrogen-bond donors (Lipinski definition) is 1. The van der Waals surface area contributed by atoms with Crippen LogP contribution in [0.15, 0.2) is 34.7 Å². The van der Waals surface area contributed by atoms with Gasteiger partial charge in [-0.05, 0) is 46.2 Å². The molecule has 0 saturated carbocycles. The topological polar surface area (TPSA) is 56.9 Å². The smallest absolute Gasteiger partial charge is 0.328 e. The lowest BCUT2D eigenvalue weighted by Crippen LogP contribution is -2.32. The van der Waals surface area contributed by atoms with E-state index in [9.17, 15) is 9.90 Å². The summed E-state index contributed by atoms with van der Waals surface area (Å²) in [5.74, 6) is -0.405. The van der Waals surface area contributed by atoms with Gasteiger partial charge in [0.25, 0.3) is 0 Å². The number of likely N-dealkylation sites (N-methyl/N-ethyl adjacent to an activating group) is 1. The number of rotatable bonds is 7. The van der Waals surface area contributed by atoms with E-state index < -0.39 is 12.0 Å². The minimum atomic E-state index is -0.888. The van der Waals surface area contributed by atoms with Gasteiger partial charge >= 0.3 is 5.97 Å². The molecule has 21 heavy (non-hydrogen) atoms. The van der Waals surface area contributed by atoms with Crippen LogP contribution in [0.5, 0.6) is 0 Å². The number of furan rings is 1. The Balaban J connectivity index is 2.16. The number of carboxylic acid groups (broad SMARTS) is 1. The summed E-state index contributed by atoms with van der Waals surface area (Å²) in [6.45, 7) is 1.63. The Hall–Kier alpha value is -1.85. The van der Waals surface area contributed by atoms with Crippen LogP contribution in [0.4, 0.5) is 0 Å². The average Bonchev–Trinajstić information content (AvgIpc) is 2.80. The van der Waals surface area contributed by atoms with Crippen LogP contribution in [0.3, 0.4) is 0 Å². The Bertz CT molecular complexity index is 573. The molecule has 5 heteroatoms. The van der Waals surface area contributed by atoms with E-state index in [2.05, 4.69) is 4.90 Å². The van der Waals surface area contributed by atoms with Crippen molar-refractivity contribution < 1.29 is 14.3 Å². The zero-order chi connectivity index (χ0) is 15.4. The summed E-state index contributed by atoms with van der Waals surface area (Å²) in [5, 5.41) is 10.4. The Labute approximate surface area is 124 Å². The van der Waals surface area contributed by atoms with Crippen LogP contribution in [0, 0.1) is 0 Å². The number of carbonyl (C=O) groups is 1. The summed E-state index contributed by atoms with van der Waals surface area (Å²) in [7, 11) is 5.84. The van der Waals surface area contributed by atoms with Crippen molar-refractivity contribution in [2.75, 3.05) is 34.2 Å². The first kappa shape index (κ1) is 15.5. The van der Waals surface area contributed by atoms with E-state index in [1.165, 1.54) is 0 Å². The highest BCUT2D eigenvalue weighted by molar-refractivity contribution is 5.81. The maximum atomic E-state index is 11.6. The van der Waals surface area contributed by atoms with E-state index in [-0.39, 0.29) is 0 Å². The predicted octanol–water partition coefficient (Wildman–Crippen LogP) is 2.44. The van der Waals surface area contributed by atoms with Gasteiger partial charge < -0.3 is 14.4 Å². The summed E-state index contributed by atoms with van der Waals surface area (Å²) in [6, 6.07) is 8.64. The number of hydrogen-bond acceptors (Lipinski definition) is 4. The lowest BCUT2D eigenvalue weighted by atomic mass is 10.1. The molecule has 0 unspecified atom stereocenters. The van der Waals surface area contributed by atoms with Gasteiger partial charge in [-0.15, -0.1) is 0 Å². The van der Waals surface area contributed by atoms with Crippen LogP contribution in [-0.2, 0) is 4.79 Å². The maximum Gasteiger partial charge on any atom is 0.328 e. The molecule has 1 atom stereocenters. The van der Waals surface area contributed by atoms with Crippen LogP contribution in [0.2, 0.25) is 0 Å². The van der Waals surface area contributed by atoms with Crippen molar-refractivity contribution in [2.45, 2.75) is 12.5 Å². The molecule has 114 valence electrons. The highest BCUT2D eigenvalue weighted by atomic mass is 16.4. The summed E-state index contributed by atoms with van der Waals surface area (Å²) in [4.78, 5) is 15.5. The first-order chi connectivity index (χ1) is 9.99. The highest BCUT2D eigenvalue weighted by Crippen LogP contribution is 2.27. The third kappa shape index (κ3) is 3.83. The monoisotopic (exact) mass is 290 g/mol. The Kier molecular flexibility index (Phi) is 4.98. The molecule has 0 spiro atoms. The zero-order valence-electron chi connectivity index (χ0n) is 12.7. The lowest BCUT2D eigenvalue weighted by molar-refractivity contribution is -0.143. The number of para-hydroxylation sites is 1. The molecule has 0 amide bonds. The quantitative estimate of drug-likeness (QED) is 0.849. The second-order valence-electron chi connectivity index (χ2n) is 5.56. The van der Waals surface area contributed by atoms with Crippen molar-refractivity contribution in [1.29, 1.82) is 0 Å². The van der Waals surface area contributed by atoms with E-state index in [1.54, 1.807) is 0 Å². The molecule has 0 bridgehead atoms. The van der Waals surface area contributed by atoms with Gasteiger partial charge in [-0.2, -0.15) is 0 Å². The molecular weight excluding hydrogens is 268 g/mol. The molecule has 1 aromatic carbocycles. The summed E-state index contributed by atoms with van der Waals surface area (Å²) < 4.78 is 5.71. The molecular formula is C16H22N2O3. The van der Waals surface area contributed by atoms with Gasteiger partial charge in [0.05, 0.1) is 0 Å². The van der Waals surface area contributed by atoms with Gasteiger partial charge in [-0.25, -0.2) is 0 Å². The van der Waals surface area contributed by atoms with E-state index >= 15 is 0 Å². The summed E-state index contributed by atoms with van der Waals surface area (Å²) in [5.41, 5.74) is 0.723. The standard InChI is InChI=1S/C16H22N2O3/c1-17(2)9-6-10-18(3)15(16(19)20)14-11-12-7-4-5-8-13(12)21-14/h4-5,7-8,11,15H,6,9-10H2,1-3H3,(H,19,20)/t15-/m0/s1. The average molecular weight is 290 g/mol. The van der Waals surface area contributed by atoms with Crippen molar-refractivity contribution in [3.05, 3.63) is 36.1 Å². The fourth-order valence-electron chi connectivity index (χ4n) is 2.43. The SMILES string of the molecule is CN(C)CCCN(C)[C@H](C(=O)O)c1cc2ccccc2o1. The fourth-order valence-corrected chi connectivity index (χ4v) is 2.43. The fraction of sp³-hybridized carbons (Fsp3) is 0.438. The Morgan fingerprint density at radius 1 is 1.24 bits per heavy atom. The van der Waals surface area contributed by atoms with Crippen LogP contribution >= 0.6 is 0 Å². The van der Waals surface area contributed by atoms with Crippen molar-refractivity contribution in [3.63, 3.8) is 0 Å². The first-order valence-corrected chi connectivity index (χ1v) is 7.05. The molecule has 0 fully saturated rings. The predicted molar refractivity (Wildman–Crippen MR) is 82.4 cm³/mol. The second kappa shape index (κ2) is 6.74. The molecule has 2 rings (SSSR count). The summed E-state index contributed by atoms with van der Waals surface area (Å²) in [6.07, 6.45) is 0.910. The third-order valence-electron chi connectivity index (χ3n) is 3.50. The second-order valence-corrected chi connectivity index (χ2v) is 5.56. The molecule has 1 aromatic heterocycles. The van der Waals surface area contributed by atoms with E-state index in [4.69, 9.17) is 4.42 Å². The van der Waals surface area contributed by atoms with Gasteiger partial charge in [-0.1, -0.05) is 18.2 Å². The molecule has 0 aliphatic carbocycles. The molecule has 0 aliphatic rings. The minimum absolute atomic E-state index is 0.482. The van der Waals surface area contributed by atoms with Crippen molar-refractivity contribution in [3.8, 4) is 0 Å². The van der Waals surface area contributed by atoms with Crippen molar-refractivity contribution in [1.82, 2.24) is 9.80 Å². The largest absolute Gasteiger partial charge is 0.480 e. The number of carboxylic acids is 1. The van der Waals surface area contributed by atoms with E-state index in [1.807, 2.05) is 56.4 Å². The molecule has 0 aliphatic heterocycles. The van der Waals surface area contributed by atoms with Gasteiger partial charge in [0.15, 0.2) is 6.04 Å². The van der Waals surface area contributed by atoms with Crippen molar-refractivity contribution >= 4 is 16.9 Å². The van der Waals surface area contributed by atoms with Gasteiger partial charge in [0, 0.05) is 11.9 Å². The van der Waals surface area contributed by atoms with Gasteiger partial charge in [0.2, 0.25) is 0 Å². The van der Waals surface area contributed by atoms with Crippen LogP contribution in [0.1, 0.15) is 18.2 Å². The number of nitrogens with zero attached hydrogens (tertiary/aromatic N) is 2. The summed E-state index contributed by atoms with van der Waals surface area (Å²) >= 11 is 0. The minimum Gasteiger partial charge on any atom is -0.480 e. The van der Waals surface area contributed by atoms with Crippen molar-refractivity contribution in [2.24, 2.45) is 0 Å². The maximum absolute atomic E-state index is 11.6. The Morgan fingerprint density at radius 3 is 2.57 bits per heavy atom. The Morgan fingerprint density at radius 2 is 1.95 bits per heavy atom. The molecule has 0 radical (unpaired) electrons. The van der Waals surface area contributed by atoms with Gasteiger partial charge in [0.1, 0.15) is 11.3 Å². The van der Waals surface area contributed by atoms with Crippen LogP contribution in [-0.4, -0.2) is 55.1 Å². The van der Waals surface area contributed by atoms with Gasteiger partial charge in [-0.3, -0.25) is 9.69 Å². The molecule has 5 nitrogen and oxygen atoms in total.